The summed E-state index contributed by atoms with van der Waals surface area (Å²) in [4.78, 5) is 21.1. The molecule has 0 N–H and O–H groups in total. The van der Waals surface area contributed by atoms with Crippen LogP contribution in [-0.4, -0.2) is 52.5 Å². The van der Waals surface area contributed by atoms with Gasteiger partial charge in [0.05, 0.1) is 18.0 Å². The van der Waals surface area contributed by atoms with Crippen molar-refractivity contribution in [2.45, 2.75) is 20.4 Å². The summed E-state index contributed by atoms with van der Waals surface area (Å²) < 4.78 is 6.26. The van der Waals surface area contributed by atoms with E-state index in [0.29, 0.717) is 24.8 Å². The van der Waals surface area contributed by atoms with Gasteiger partial charge in [-0.2, -0.15) is 4.98 Å². The molecule has 0 unspecified atom stereocenters. The molecule has 0 atom stereocenters. The van der Waals surface area contributed by atoms with Crippen molar-refractivity contribution in [1.29, 1.82) is 0 Å². The molecule has 120 valence electrons. The summed E-state index contributed by atoms with van der Waals surface area (Å²) in [5.41, 5.74) is 0. The Labute approximate surface area is 142 Å². The second kappa shape index (κ2) is 7.85. The number of hydrogen-bond donors (Lipinski definition) is 0. The maximum Gasteiger partial charge on any atom is 0.241 e. The molecule has 2 rings (SSSR count). The van der Waals surface area contributed by atoms with Gasteiger partial charge in [0, 0.05) is 22.9 Å². The van der Waals surface area contributed by atoms with Gasteiger partial charge in [-0.25, -0.2) is 0 Å². The lowest BCUT2D eigenvalue weighted by Crippen LogP contribution is -2.38. The number of hydrogen-bond acceptors (Lipinski definition) is 6. The molecule has 0 saturated heterocycles. The third-order valence-corrected chi connectivity index (χ3v) is 4.87. The first-order chi connectivity index (χ1) is 10.5. The van der Waals surface area contributed by atoms with Crippen LogP contribution in [0.25, 0.3) is 10.7 Å². The highest BCUT2D eigenvalue weighted by Gasteiger charge is 2.16. The number of amides is 1. The van der Waals surface area contributed by atoms with Crippen molar-refractivity contribution < 1.29 is 9.32 Å². The number of thiophene rings is 1. The molecule has 0 saturated carbocycles. The van der Waals surface area contributed by atoms with E-state index in [1.165, 1.54) is 0 Å². The third-order valence-electron chi connectivity index (χ3n) is 3.18. The molecule has 0 bridgehead atoms. The van der Waals surface area contributed by atoms with Crippen molar-refractivity contribution in [1.82, 2.24) is 19.9 Å². The number of aromatic nitrogens is 2. The van der Waals surface area contributed by atoms with Gasteiger partial charge in [-0.05, 0) is 42.9 Å². The quantitative estimate of drug-likeness (QED) is 0.731. The topological polar surface area (TPSA) is 62.5 Å². The van der Waals surface area contributed by atoms with Crippen LogP contribution in [0, 0.1) is 0 Å². The third kappa shape index (κ3) is 4.37. The van der Waals surface area contributed by atoms with E-state index < -0.39 is 0 Å². The Kier molecular flexibility index (Phi) is 6.10. The first-order valence-corrected chi connectivity index (χ1v) is 8.74. The first kappa shape index (κ1) is 17.1. The van der Waals surface area contributed by atoms with Crippen molar-refractivity contribution in [2.24, 2.45) is 0 Å². The Morgan fingerprint density at radius 3 is 2.73 bits per heavy atom. The molecule has 6 nitrogen and oxygen atoms in total. The van der Waals surface area contributed by atoms with Crippen molar-refractivity contribution in [3.05, 3.63) is 21.8 Å². The number of carbonyl (C=O) groups is 1. The van der Waals surface area contributed by atoms with Gasteiger partial charge in [-0.15, -0.1) is 11.3 Å². The van der Waals surface area contributed by atoms with Crippen LogP contribution in [0.3, 0.4) is 0 Å². The Hall–Kier alpha value is -1.25. The highest BCUT2D eigenvalue weighted by molar-refractivity contribution is 9.10. The van der Waals surface area contributed by atoms with Crippen LogP contribution in [0.2, 0.25) is 0 Å². The Morgan fingerprint density at radius 1 is 1.41 bits per heavy atom. The summed E-state index contributed by atoms with van der Waals surface area (Å²) in [6, 6.07) is 1.95. The monoisotopic (exact) mass is 386 g/mol. The molecular weight excluding hydrogens is 368 g/mol. The summed E-state index contributed by atoms with van der Waals surface area (Å²) in [5, 5.41) is 5.95. The van der Waals surface area contributed by atoms with Crippen LogP contribution in [0.4, 0.5) is 0 Å². The maximum atomic E-state index is 12.0. The van der Waals surface area contributed by atoms with Gasteiger partial charge in [0.2, 0.25) is 17.6 Å². The van der Waals surface area contributed by atoms with Gasteiger partial charge in [-0.1, -0.05) is 5.16 Å². The molecule has 2 heterocycles. The predicted octanol–water partition coefficient (Wildman–Crippen LogP) is 2.86. The molecule has 0 aliphatic heterocycles. The van der Waals surface area contributed by atoms with Gasteiger partial charge >= 0.3 is 0 Å². The zero-order valence-electron chi connectivity index (χ0n) is 12.9. The van der Waals surface area contributed by atoms with Crippen molar-refractivity contribution in [3.8, 4) is 10.7 Å². The van der Waals surface area contributed by atoms with Crippen LogP contribution < -0.4 is 0 Å². The molecule has 2 aromatic heterocycles. The minimum absolute atomic E-state index is 0.106. The van der Waals surface area contributed by atoms with E-state index in [0.717, 1.165) is 22.4 Å². The second-order valence-corrected chi connectivity index (χ2v) is 6.71. The molecule has 0 fully saturated rings. The average Bonchev–Trinajstić information content (AvgIpc) is 3.09. The van der Waals surface area contributed by atoms with E-state index in [9.17, 15) is 4.79 Å². The molecule has 22 heavy (non-hydrogen) atoms. The Morgan fingerprint density at radius 2 is 2.14 bits per heavy atom. The zero-order valence-corrected chi connectivity index (χ0v) is 15.3. The van der Waals surface area contributed by atoms with Crippen LogP contribution >= 0.6 is 27.3 Å². The first-order valence-electron chi connectivity index (χ1n) is 7.06. The SMILES string of the molecule is CCN(CC)C(=O)CN(C)Cc1nc(-c2cc(Br)cs2)no1. The lowest BCUT2D eigenvalue weighted by Gasteiger charge is -2.22. The summed E-state index contributed by atoms with van der Waals surface area (Å²) in [6.07, 6.45) is 0. The lowest BCUT2D eigenvalue weighted by molar-refractivity contribution is -0.131. The largest absolute Gasteiger partial charge is 0.342 e. The predicted molar refractivity (Wildman–Crippen MR) is 89.6 cm³/mol. The Balaban J connectivity index is 1.93. The van der Waals surface area contributed by atoms with E-state index in [1.807, 2.05) is 37.2 Å². The Bertz CT molecular complexity index is 624. The van der Waals surface area contributed by atoms with E-state index >= 15 is 0 Å². The molecule has 1 amide bonds. The highest BCUT2D eigenvalue weighted by atomic mass is 79.9. The number of rotatable bonds is 7. The minimum atomic E-state index is 0.106. The fourth-order valence-electron chi connectivity index (χ4n) is 2.04. The van der Waals surface area contributed by atoms with Crippen LogP contribution in [-0.2, 0) is 11.3 Å². The normalized spacial score (nSPS) is 11.1. The molecule has 2 aromatic rings. The molecule has 0 aliphatic carbocycles. The van der Waals surface area contributed by atoms with Gasteiger partial charge in [-0.3, -0.25) is 9.69 Å². The standard InChI is InChI=1S/C14H19BrN4O2S/c1-4-19(5-2)13(20)8-18(3)7-12-16-14(17-21-12)11-6-10(15)9-22-11/h6,9H,4-5,7-8H2,1-3H3. The molecule has 0 aliphatic rings. The van der Waals surface area contributed by atoms with E-state index in [-0.39, 0.29) is 5.91 Å². The second-order valence-electron chi connectivity index (χ2n) is 4.88. The number of nitrogens with zero attached hydrogens (tertiary/aromatic N) is 4. The van der Waals surface area contributed by atoms with Crippen molar-refractivity contribution >= 4 is 33.2 Å². The van der Waals surface area contributed by atoms with Gasteiger partial charge in [0.1, 0.15) is 0 Å². The zero-order chi connectivity index (χ0) is 16.1. The summed E-state index contributed by atoms with van der Waals surface area (Å²) in [6.45, 7) is 6.19. The van der Waals surface area contributed by atoms with E-state index in [4.69, 9.17) is 4.52 Å². The van der Waals surface area contributed by atoms with Gasteiger partial charge < -0.3 is 9.42 Å². The van der Waals surface area contributed by atoms with Crippen molar-refractivity contribution in [2.75, 3.05) is 26.7 Å². The molecule has 0 aromatic carbocycles. The number of likely N-dealkylation sites (N-methyl/N-ethyl adjacent to an activating group) is 2. The molecular formula is C14H19BrN4O2S. The average molecular weight is 387 g/mol. The van der Waals surface area contributed by atoms with Gasteiger partial charge in [0.15, 0.2) is 0 Å². The van der Waals surface area contributed by atoms with Crippen molar-refractivity contribution in [3.63, 3.8) is 0 Å². The number of halogens is 1. The smallest absolute Gasteiger partial charge is 0.241 e. The highest BCUT2D eigenvalue weighted by Crippen LogP contribution is 2.27. The van der Waals surface area contributed by atoms with E-state index in [2.05, 4.69) is 26.1 Å². The molecule has 8 heteroatoms. The van der Waals surface area contributed by atoms with E-state index in [1.54, 1.807) is 16.2 Å². The summed E-state index contributed by atoms with van der Waals surface area (Å²) in [5.74, 6) is 1.19. The van der Waals surface area contributed by atoms with Gasteiger partial charge in [0.25, 0.3) is 0 Å². The van der Waals surface area contributed by atoms with Crippen LogP contribution in [0.15, 0.2) is 20.4 Å². The van der Waals surface area contributed by atoms with Crippen LogP contribution in [0.1, 0.15) is 19.7 Å². The lowest BCUT2D eigenvalue weighted by atomic mass is 10.4. The summed E-state index contributed by atoms with van der Waals surface area (Å²) >= 11 is 4.95. The van der Waals surface area contributed by atoms with Crippen LogP contribution in [0.5, 0.6) is 0 Å². The molecule has 0 spiro atoms. The summed E-state index contributed by atoms with van der Waals surface area (Å²) in [7, 11) is 1.87. The fraction of sp³-hybridized carbons (Fsp3) is 0.500. The molecule has 0 radical (unpaired) electrons. The minimum Gasteiger partial charge on any atom is -0.342 e. The number of carbonyl (C=O) groups excluding carboxylic acids is 1. The maximum absolute atomic E-state index is 12.0. The fourth-order valence-corrected chi connectivity index (χ4v) is 3.40.